The molecule has 0 spiro atoms. The second kappa shape index (κ2) is 5.06. The van der Waals surface area contributed by atoms with Gasteiger partial charge in [-0.25, -0.2) is 0 Å². The zero-order chi connectivity index (χ0) is 11.6. The maximum Gasteiger partial charge on any atom is 0.369 e. The van der Waals surface area contributed by atoms with E-state index in [-0.39, 0.29) is 0 Å². The van der Waals surface area contributed by atoms with Crippen LogP contribution in [0.1, 0.15) is 0 Å². The SMILES string of the molecule is COP(=O)(O)C(Br)(Br)P(=O)(OC)OC. The van der Waals surface area contributed by atoms with E-state index in [4.69, 9.17) is 0 Å². The van der Waals surface area contributed by atoms with E-state index in [9.17, 15) is 14.0 Å². The van der Waals surface area contributed by atoms with Crippen molar-refractivity contribution in [2.45, 2.75) is 2.72 Å². The first-order valence-electron chi connectivity index (χ1n) is 3.16. The topological polar surface area (TPSA) is 82.1 Å². The molecule has 14 heavy (non-hydrogen) atoms. The lowest BCUT2D eigenvalue weighted by Gasteiger charge is -2.29. The van der Waals surface area contributed by atoms with Crippen molar-refractivity contribution in [3.05, 3.63) is 0 Å². The van der Waals surface area contributed by atoms with Crippen LogP contribution < -0.4 is 0 Å². The monoisotopic (exact) mass is 374 g/mol. The van der Waals surface area contributed by atoms with Gasteiger partial charge in [0.1, 0.15) is 0 Å². The Kier molecular flexibility index (Phi) is 5.52. The average molecular weight is 376 g/mol. The third kappa shape index (κ3) is 2.50. The van der Waals surface area contributed by atoms with Crippen molar-refractivity contribution in [2.24, 2.45) is 0 Å². The first-order chi connectivity index (χ1) is 6.18. The lowest BCUT2D eigenvalue weighted by Crippen LogP contribution is -2.16. The van der Waals surface area contributed by atoms with Crippen molar-refractivity contribution < 1.29 is 27.6 Å². The number of rotatable bonds is 5. The van der Waals surface area contributed by atoms with Crippen LogP contribution in [0.5, 0.6) is 0 Å². The fourth-order valence-electron chi connectivity index (χ4n) is 0.559. The molecular weight excluding hydrogens is 366 g/mol. The Hall–Kier alpha value is 1.26. The fraction of sp³-hybridized carbons (Fsp3) is 1.00. The maximum absolute atomic E-state index is 11.8. The van der Waals surface area contributed by atoms with Crippen LogP contribution in [0, 0.1) is 0 Å². The zero-order valence-corrected chi connectivity index (χ0v) is 12.6. The molecule has 0 radical (unpaired) electrons. The fourth-order valence-corrected chi connectivity index (χ4v) is 5.95. The number of halogens is 2. The lowest BCUT2D eigenvalue weighted by molar-refractivity contribution is 0.267. The molecule has 0 aliphatic heterocycles. The van der Waals surface area contributed by atoms with E-state index >= 15 is 0 Å². The Morgan fingerprint density at radius 2 is 1.43 bits per heavy atom. The smallest absolute Gasteiger partial charge is 0.322 e. The van der Waals surface area contributed by atoms with Crippen molar-refractivity contribution in [1.82, 2.24) is 0 Å². The minimum atomic E-state index is -4.21. The molecule has 10 heteroatoms. The highest BCUT2D eigenvalue weighted by Gasteiger charge is 2.60. The van der Waals surface area contributed by atoms with E-state index in [0.29, 0.717) is 0 Å². The molecule has 0 bridgehead atoms. The predicted octanol–water partition coefficient (Wildman–Crippen LogP) is 2.71. The summed E-state index contributed by atoms with van der Waals surface area (Å²) in [7, 11) is -4.84. The van der Waals surface area contributed by atoms with E-state index in [0.717, 1.165) is 21.3 Å². The molecule has 86 valence electrons. The molecule has 0 aromatic carbocycles. The highest BCUT2D eigenvalue weighted by Crippen LogP contribution is 2.80. The summed E-state index contributed by atoms with van der Waals surface area (Å²) in [6.45, 7) is 0. The molecule has 0 aromatic heterocycles. The molecule has 0 amide bonds. The minimum Gasteiger partial charge on any atom is -0.322 e. The lowest BCUT2D eigenvalue weighted by atomic mass is 11.8. The normalized spacial score (nSPS) is 17.9. The largest absolute Gasteiger partial charge is 0.369 e. The summed E-state index contributed by atoms with van der Waals surface area (Å²) in [6.07, 6.45) is 0. The molecule has 0 aliphatic carbocycles. The number of hydrogen-bond donors (Lipinski definition) is 1. The molecule has 1 N–H and O–H groups in total. The Morgan fingerprint density at radius 1 is 1.07 bits per heavy atom. The van der Waals surface area contributed by atoms with Gasteiger partial charge >= 0.3 is 15.2 Å². The standard InChI is InChI=1S/C4H10Br2O6P2/c1-10-13(7,8)4(5,6)14(9,11-2)12-3/h1-3H3,(H,7,8). The first-order valence-corrected chi connectivity index (χ1v) is 7.87. The third-order valence-electron chi connectivity index (χ3n) is 1.40. The molecule has 0 fully saturated rings. The van der Waals surface area contributed by atoms with Crippen LogP contribution >= 0.6 is 47.1 Å². The van der Waals surface area contributed by atoms with E-state index in [1.807, 2.05) is 0 Å². The average Bonchev–Trinajstić information content (AvgIpc) is 2.15. The Bertz CT molecular complexity index is 284. The van der Waals surface area contributed by atoms with Crippen LogP contribution in [-0.2, 0) is 22.7 Å². The van der Waals surface area contributed by atoms with E-state index in [1.165, 1.54) is 0 Å². The molecule has 0 saturated heterocycles. The van der Waals surface area contributed by atoms with Gasteiger partial charge in [-0.05, 0) is 31.9 Å². The van der Waals surface area contributed by atoms with Crippen molar-refractivity contribution in [2.75, 3.05) is 21.3 Å². The van der Waals surface area contributed by atoms with Crippen LogP contribution in [0.4, 0.5) is 0 Å². The van der Waals surface area contributed by atoms with Gasteiger partial charge in [-0.1, -0.05) is 0 Å². The molecular formula is C4H10Br2O6P2. The molecule has 0 aliphatic rings. The molecule has 0 aromatic rings. The molecule has 6 nitrogen and oxygen atoms in total. The van der Waals surface area contributed by atoms with Gasteiger partial charge in [-0.2, -0.15) is 0 Å². The Labute approximate surface area is 98.6 Å². The van der Waals surface area contributed by atoms with Gasteiger partial charge in [0.05, 0.1) is 0 Å². The summed E-state index contributed by atoms with van der Waals surface area (Å²) in [5.41, 5.74) is 0. The summed E-state index contributed by atoms with van der Waals surface area (Å²) >= 11 is 5.54. The number of hydrogen-bond acceptors (Lipinski definition) is 5. The van der Waals surface area contributed by atoms with Crippen LogP contribution in [0.25, 0.3) is 0 Å². The predicted molar refractivity (Wildman–Crippen MR) is 59.0 cm³/mol. The summed E-state index contributed by atoms with van der Waals surface area (Å²) in [5, 5.41) is 0. The summed E-state index contributed by atoms with van der Waals surface area (Å²) in [5.74, 6) is 0. The minimum absolute atomic E-state index is 1.01. The van der Waals surface area contributed by atoms with Crippen LogP contribution in [0.3, 0.4) is 0 Å². The van der Waals surface area contributed by atoms with Crippen molar-refractivity contribution in [1.29, 1.82) is 0 Å². The highest BCUT2D eigenvalue weighted by molar-refractivity contribution is 9.29. The molecule has 0 heterocycles. The van der Waals surface area contributed by atoms with E-state index < -0.39 is 17.9 Å². The molecule has 1 atom stereocenters. The van der Waals surface area contributed by atoms with Gasteiger partial charge in [0.2, 0.25) is 0 Å². The van der Waals surface area contributed by atoms with Gasteiger partial charge in [0, 0.05) is 21.3 Å². The second-order valence-electron chi connectivity index (χ2n) is 2.08. The first kappa shape index (κ1) is 15.3. The molecule has 0 rings (SSSR count). The summed E-state index contributed by atoms with van der Waals surface area (Å²) in [6, 6.07) is 0. The van der Waals surface area contributed by atoms with Crippen LogP contribution in [-0.4, -0.2) is 28.9 Å². The van der Waals surface area contributed by atoms with E-state index in [1.54, 1.807) is 0 Å². The van der Waals surface area contributed by atoms with Gasteiger partial charge in [0.15, 0.2) is 0 Å². The number of alkyl halides is 2. The van der Waals surface area contributed by atoms with Crippen molar-refractivity contribution in [3.8, 4) is 0 Å². The Morgan fingerprint density at radius 3 is 1.64 bits per heavy atom. The van der Waals surface area contributed by atoms with Crippen molar-refractivity contribution >= 4 is 47.1 Å². The molecule has 0 saturated carbocycles. The molecule has 1 unspecified atom stereocenters. The third-order valence-corrected chi connectivity index (χ3v) is 11.0. The summed E-state index contributed by atoms with van der Waals surface area (Å²) in [4.78, 5) is 9.36. The van der Waals surface area contributed by atoms with Crippen LogP contribution in [0.15, 0.2) is 0 Å². The zero-order valence-electron chi connectivity index (χ0n) is 7.64. The van der Waals surface area contributed by atoms with E-state index in [2.05, 4.69) is 45.4 Å². The Balaban J connectivity index is 5.34. The van der Waals surface area contributed by atoms with Crippen molar-refractivity contribution in [3.63, 3.8) is 0 Å². The van der Waals surface area contributed by atoms with Gasteiger partial charge in [-0.3, -0.25) is 9.13 Å². The summed E-state index contributed by atoms with van der Waals surface area (Å²) < 4.78 is 34.8. The van der Waals surface area contributed by atoms with Gasteiger partial charge in [-0.15, -0.1) is 0 Å². The van der Waals surface area contributed by atoms with Gasteiger partial charge < -0.3 is 18.5 Å². The maximum atomic E-state index is 11.8. The van der Waals surface area contributed by atoms with Gasteiger partial charge in [0.25, 0.3) is 2.72 Å². The quantitative estimate of drug-likeness (QED) is 0.587. The second-order valence-corrected chi connectivity index (χ2v) is 12.8. The highest BCUT2D eigenvalue weighted by atomic mass is 79.9. The van der Waals surface area contributed by atoms with Crippen LogP contribution in [0.2, 0.25) is 0 Å².